The molecule has 7 nitrogen and oxygen atoms in total. The molecule has 0 aliphatic carbocycles. The van der Waals surface area contributed by atoms with Gasteiger partial charge in [-0.1, -0.05) is 38.6 Å². The van der Waals surface area contributed by atoms with Crippen LogP contribution in [0.15, 0.2) is 23.4 Å². The van der Waals surface area contributed by atoms with Gasteiger partial charge in [-0.2, -0.15) is 5.26 Å². The number of carbonyl (C=O) groups is 1. The highest BCUT2D eigenvalue weighted by molar-refractivity contribution is 7.99. The molecule has 0 radical (unpaired) electrons. The van der Waals surface area contributed by atoms with Crippen molar-refractivity contribution in [2.45, 2.75) is 51.6 Å². The zero-order valence-corrected chi connectivity index (χ0v) is 17.3. The van der Waals surface area contributed by atoms with Crippen molar-refractivity contribution in [3.63, 3.8) is 0 Å². The molecule has 0 aliphatic heterocycles. The van der Waals surface area contributed by atoms with Crippen molar-refractivity contribution < 1.29 is 4.79 Å². The molecule has 27 heavy (non-hydrogen) atoms. The number of nitriles is 1. The van der Waals surface area contributed by atoms with E-state index in [0.29, 0.717) is 17.5 Å². The van der Waals surface area contributed by atoms with Crippen LogP contribution in [0.1, 0.15) is 44.1 Å². The van der Waals surface area contributed by atoms with Crippen LogP contribution in [0.5, 0.6) is 0 Å². The normalized spacial score (nSPS) is 11.3. The molecule has 0 aliphatic rings. The molecule has 2 N–H and O–H groups in total. The number of aromatic nitrogens is 3. The zero-order valence-electron chi connectivity index (χ0n) is 16.5. The molecule has 0 fully saturated rings. The molecule has 1 aromatic carbocycles. The number of anilines is 1. The topological polar surface area (TPSA) is 101 Å². The minimum absolute atomic E-state index is 0.0983. The second kappa shape index (κ2) is 8.44. The molecule has 0 saturated heterocycles. The lowest BCUT2D eigenvalue weighted by Crippen LogP contribution is -2.33. The number of nitrogen functional groups attached to an aromatic ring is 1. The fraction of sp³-hybridized carbons (Fsp3) is 0.474. The van der Waals surface area contributed by atoms with E-state index in [-0.39, 0.29) is 23.5 Å². The Kier molecular flexibility index (Phi) is 6.50. The second-order valence-electron chi connectivity index (χ2n) is 7.44. The van der Waals surface area contributed by atoms with Crippen LogP contribution < -0.4 is 10.7 Å². The van der Waals surface area contributed by atoms with Gasteiger partial charge in [0.1, 0.15) is 0 Å². The van der Waals surface area contributed by atoms with Gasteiger partial charge in [-0.05, 0) is 37.1 Å². The van der Waals surface area contributed by atoms with Crippen LogP contribution in [-0.2, 0) is 10.2 Å². The highest BCUT2D eigenvalue weighted by Crippen LogP contribution is 2.25. The van der Waals surface area contributed by atoms with Gasteiger partial charge in [0.15, 0.2) is 5.82 Å². The Hall–Kier alpha value is -2.53. The third kappa shape index (κ3) is 5.01. The summed E-state index contributed by atoms with van der Waals surface area (Å²) in [6, 6.07) is 7.97. The molecule has 8 heteroatoms. The quantitative estimate of drug-likeness (QED) is 0.605. The van der Waals surface area contributed by atoms with E-state index in [0.717, 1.165) is 16.8 Å². The third-order valence-corrected chi connectivity index (χ3v) is 5.14. The van der Waals surface area contributed by atoms with E-state index < -0.39 is 0 Å². The number of amides is 1. The fourth-order valence-corrected chi connectivity index (χ4v) is 3.28. The van der Waals surface area contributed by atoms with E-state index in [2.05, 4.69) is 16.3 Å². The largest absolute Gasteiger partial charge is 0.336 e. The summed E-state index contributed by atoms with van der Waals surface area (Å²) in [7, 11) is 0. The molecular formula is C19H26N6OS. The summed E-state index contributed by atoms with van der Waals surface area (Å²) >= 11 is 1.25. The minimum atomic E-state index is -0.233. The van der Waals surface area contributed by atoms with Gasteiger partial charge in [0.25, 0.3) is 0 Å². The summed E-state index contributed by atoms with van der Waals surface area (Å²) in [5, 5.41) is 17.7. The van der Waals surface area contributed by atoms with Crippen molar-refractivity contribution >= 4 is 23.4 Å². The Morgan fingerprint density at radius 1 is 1.30 bits per heavy atom. The zero-order chi connectivity index (χ0) is 20.2. The molecule has 1 aromatic heterocycles. The number of thioether (sulfide) groups is 1. The Morgan fingerprint density at radius 2 is 2.00 bits per heavy atom. The lowest BCUT2D eigenvalue weighted by molar-refractivity contribution is -0.116. The minimum Gasteiger partial charge on any atom is -0.336 e. The van der Waals surface area contributed by atoms with E-state index >= 15 is 0 Å². The van der Waals surface area contributed by atoms with Crippen molar-refractivity contribution in [3.05, 3.63) is 35.2 Å². The molecule has 1 amide bonds. The number of benzene rings is 1. The predicted octanol–water partition coefficient (Wildman–Crippen LogP) is 2.95. The van der Waals surface area contributed by atoms with E-state index in [1.807, 2.05) is 52.8 Å². The summed E-state index contributed by atoms with van der Waals surface area (Å²) in [6.45, 7) is 10.4. The van der Waals surface area contributed by atoms with Gasteiger partial charge in [0.05, 0.1) is 18.2 Å². The van der Waals surface area contributed by atoms with E-state index in [4.69, 9.17) is 11.1 Å². The van der Waals surface area contributed by atoms with Crippen molar-refractivity contribution in [1.82, 2.24) is 14.9 Å². The van der Waals surface area contributed by atoms with Gasteiger partial charge in [-0.25, -0.2) is 4.68 Å². The summed E-state index contributed by atoms with van der Waals surface area (Å²) < 4.78 is 1.44. The van der Waals surface area contributed by atoms with Crippen molar-refractivity contribution in [1.29, 1.82) is 5.26 Å². The third-order valence-electron chi connectivity index (χ3n) is 4.21. The average Bonchev–Trinajstić information content (AvgIpc) is 2.97. The van der Waals surface area contributed by atoms with Gasteiger partial charge < -0.3 is 10.7 Å². The smallest absolute Gasteiger partial charge is 0.237 e. The van der Waals surface area contributed by atoms with Gasteiger partial charge in [-0.15, -0.1) is 10.2 Å². The van der Waals surface area contributed by atoms with Gasteiger partial charge >= 0.3 is 0 Å². The number of rotatable bonds is 6. The Morgan fingerprint density at radius 3 is 2.56 bits per heavy atom. The highest BCUT2D eigenvalue weighted by atomic mass is 32.2. The molecule has 2 rings (SSSR count). The number of nitrogens with zero attached hydrogens (tertiary/aromatic N) is 5. The SMILES string of the molecule is Cc1ccc(N(CCC#N)C(=O)CSc2nnc(C(C)(C)C)n2N)cc1C. The Labute approximate surface area is 164 Å². The first-order valence-corrected chi connectivity index (χ1v) is 9.72. The van der Waals surface area contributed by atoms with Crippen LogP contribution in [0.3, 0.4) is 0 Å². The average molecular weight is 387 g/mol. The van der Waals surface area contributed by atoms with Crippen LogP contribution in [-0.4, -0.2) is 33.1 Å². The number of aryl methyl sites for hydroxylation is 2. The van der Waals surface area contributed by atoms with Crippen LogP contribution in [0, 0.1) is 25.2 Å². The van der Waals surface area contributed by atoms with Crippen LogP contribution in [0.4, 0.5) is 5.69 Å². The fourth-order valence-electron chi connectivity index (χ4n) is 2.54. The van der Waals surface area contributed by atoms with E-state index in [1.54, 1.807) is 4.90 Å². The highest BCUT2D eigenvalue weighted by Gasteiger charge is 2.24. The number of carbonyl (C=O) groups excluding carboxylic acids is 1. The van der Waals surface area contributed by atoms with Crippen LogP contribution in [0.2, 0.25) is 0 Å². The molecule has 0 bridgehead atoms. The van der Waals surface area contributed by atoms with Crippen molar-refractivity contribution in [3.8, 4) is 6.07 Å². The van der Waals surface area contributed by atoms with Gasteiger partial charge in [0, 0.05) is 17.6 Å². The maximum atomic E-state index is 12.8. The molecule has 1 heterocycles. The first-order valence-electron chi connectivity index (χ1n) is 8.73. The lowest BCUT2D eigenvalue weighted by atomic mass is 9.96. The Bertz CT molecular complexity index is 862. The second-order valence-corrected chi connectivity index (χ2v) is 8.38. The molecule has 0 saturated carbocycles. The Balaban J connectivity index is 2.16. The monoisotopic (exact) mass is 386 g/mol. The summed E-state index contributed by atoms with van der Waals surface area (Å²) in [5.74, 6) is 6.81. The first-order chi connectivity index (χ1) is 12.6. The molecule has 0 atom stereocenters. The maximum absolute atomic E-state index is 12.8. The van der Waals surface area contributed by atoms with E-state index in [9.17, 15) is 4.79 Å². The predicted molar refractivity (Wildman–Crippen MR) is 108 cm³/mol. The van der Waals surface area contributed by atoms with Crippen molar-refractivity contribution in [2.24, 2.45) is 0 Å². The molecule has 2 aromatic rings. The summed E-state index contributed by atoms with van der Waals surface area (Å²) in [4.78, 5) is 14.5. The van der Waals surface area contributed by atoms with Crippen LogP contribution in [0.25, 0.3) is 0 Å². The maximum Gasteiger partial charge on any atom is 0.237 e. The van der Waals surface area contributed by atoms with Crippen molar-refractivity contribution in [2.75, 3.05) is 23.0 Å². The number of hydrogen-bond acceptors (Lipinski definition) is 6. The molecule has 0 spiro atoms. The van der Waals surface area contributed by atoms with Gasteiger partial charge in [0.2, 0.25) is 11.1 Å². The lowest BCUT2D eigenvalue weighted by Gasteiger charge is -2.22. The van der Waals surface area contributed by atoms with E-state index in [1.165, 1.54) is 16.4 Å². The van der Waals surface area contributed by atoms with Crippen LogP contribution >= 0.6 is 11.8 Å². The number of nitrogens with two attached hydrogens (primary N) is 1. The first kappa shape index (κ1) is 20.8. The molecule has 144 valence electrons. The standard InChI is InChI=1S/C19H26N6OS/c1-13-7-8-15(11-14(13)2)24(10-6-9-20)16(26)12-27-18-23-22-17(25(18)21)19(3,4)5/h7-8,11H,6,10,12,21H2,1-5H3. The van der Waals surface area contributed by atoms with Gasteiger partial charge in [-0.3, -0.25) is 4.79 Å². The molecular weight excluding hydrogens is 360 g/mol. The summed E-state index contributed by atoms with van der Waals surface area (Å²) in [6.07, 6.45) is 0.268. The summed E-state index contributed by atoms with van der Waals surface area (Å²) in [5.41, 5.74) is 2.82. The number of hydrogen-bond donors (Lipinski definition) is 1. The molecule has 0 unspecified atom stereocenters.